The van der Waals surface area contributed by atoms with Crippen molar-refractivity contribution in [1.29, 1.82) is 0 Å². The van der Waals surface area contributed by atoms with Gasteiger partial charge in [0, 0.05) is 0 Å². The van der Waals surface area contributed by atoms with Crippen LogP contribution in [-0.4, -0.2) is 27.2 Å². The van der Waals surface area contributed by atoms with Crippen LogP contribution in [-0.2, 0) is 13.3 Å². The zero-order chi connectivity index (χ0) is 19.9. The van der Waals surface area contributed by atoms with E-state index in [1.165, 1.54) is 30.0 Å². The molecule has 0 saturated carbocycles. The van der Waals surface area contributed by atoms with E-state index in [1.54, 1.807) is 11.3 Å². The molecule has 0 saturated heterocycles. The average Bonchev–Trinajstić information content (AvgIpc) is 3.14. The third-order valence-corrected chi connectivity index (χ3v) is 25.3. The summed E-state index contributed by atoms with van der Waals surface area (Å²) in [5.74, 6) is 0. The molecule has 4 aromatic rings. The second-order valence-corrected chi connectivity index (χ2v) is 26.7. The second kappa shape index (κ2) is 9.92. The van der Waals surface area contributed by atoms with E-state index in [0.717, 1.165) is 9.35 Å². The molecule has 3 aromatic carbocycles. The van der Waals surface area contributed by atoms with Crippen LogP contribution < -0.4 is 0 Å². The van der Waals surface area contributed by atoms with Crippen molar-refractivity contribution < 1.29 is 0 Å². The summed E-state index contributed by atoms with van der Waals surface area (Å²) in [5, 5.41) is 9.86. The van der Waals surface area contributed by atoms with Gasteiger partial charge in [-0.15, -0.1) is 0 Å². The summed E-state index contributed by atoms with van der Waals surface area (Å²) in [5.41, 5.74) is 4.34. The minimum absolute atomic E-state index is 1.05. The van der Waals surface area contributed by atoms with Gasteiger partial charge < -0.3 is 0 Å². The third kappa shape index (κ3) is 5.93. The van der Waals surface area contributed by atoms with Crippen LogP contribution in [0.15, 0.2) is 95.3 Å². The first kappa shape index (κ1) is 20.6. The number of aryl methyl sites for hydroxylation is 1. The van der Waals surface area contributed by atoms with Crippen molar-refractivity contribution in [1.82, 2.24) is 10.2 Å². The Balaban J connectivity index is 1.75. The van der Waals surface area contributed by atoms with Crippen molar-refractivity contribution >= 4 is 37.3 Å². The van der Waals surface area contributed by atoms with Crippen LogP contribution in [0, 0.1) is 6.92 Å². The van der Waals surface area contributed by atoms with Crippen LogP contribution in [0.3, 0.4) is 0 Å². The molecule has 0 radical (unpaired) electrons. The average molecular weight is 523 g/mol. The van der Waals surface area contributed by atoms with Gasteiger partial charge >= 0.3 is 185 Å². The van der Waals surface area contributed by atoms with Crippen LogP contribution in [0.4, 0.5) is 0 Å². The molecular weight excluding hydrogens is 499 g/mol. The van der Waals surface area contributed by atoms with Gasteiger partial charge in [0.25, 0.3) is 0 Å². The Hall–Kier alpha value is -1.63. The number of hydrogen-bond acceptors (Lipinski definition) is 4. The summed E-state index contributed by atoms with van der Waals surface area (Å²) in [6.45, 7) is 2.05. The molecule has 0 aliphatic heterocycles. The molecule has 29 heavy (non-hydrogen) atoms. The molecule has 0 amide bonds. The van der Waals surface area contributed by atoms with Gasteiger partial charge in [-0.1, -0.05) is 0 Å². The number of rotatable bonds is 8. The van der Waals surface area contributed by atoms with E-state index in [0.29, 0.717) is 0 Å². The Bertz CT molecular complexity index is 919. The van der Waals surface area contributed by atoms with Crippen LogP contribution in [0.5, 0.6) is 0 Å². The summed E-state index contributed by atoms with van der Waals surface area (Å²) in [4.78, 5) is 0. The third-order valence-electron chi connectivity index (χ3n) is 4.92. The summed E-state index contributed by atoms with van der Waals surface area (Å²) in [7, 11) is 2.10. The second-order valence-electron chi connectivity index (χ2n) is 7.36. The number of aromatic nitrogens is 2. The summed E-state index contributed by atoms with van der Waals surface area (Å²) < 4.78 is 4.69. The molecule has 0 spiro atoms. The topological polar surface area (TPSA) is 25.8 Å². The predicted molar refractivity (Wildman–Crippen MR) is 127 cm³/mol. The van der Waals surface area contributed by atoms with E-state index in [2.05, 4.69) is 110 Å². The van der Waals surface area contributed by atoms with Gasteiger partial charge in [0.2, 0.25) is 0 Å². The minimum atomic E-state index is -2.88. The molecule has 0 N–H and O–H groups in total. The van der Waals surface area contributed by atoms with E-state index >= 15 is 0 Å². The molecule has 0 unspecified atom stereocenters. The van der Waals surface area contributed by atoms with Gasteiger partial charge in [-0.25, -0.2) is 0 Å². The molecule has 0 bridgehead atoms. The van der Waals surface area contributed by atoms with Crippen LogP contribution in [0.1, 0.15) is 21.7 Å². The van der Waals surface area contributed by atoms with Crippen LogP contribution >= 0.6 is 20.3 Å². The zero-order valence-electron chi connectivity index (χ0n) is 16.5. The van der Waals surface area contributed by atoms with Gasteiger partial charge in [0.05, 0.1) is 0 Å². The maximum absolute atomic E-state index is 4.51. The Morgan fingerprint density at radius 2 is 1.07 bits per heavy atom. The first-order valence-electron chi connectivity index (χ1n) is 9.82. The fourth-order valence-electron chi connectivity index (χ4n) is 3.70. The molecule has 1 aromatic heterocycles. The molecule has 0 aliphatic carbocycles. The fraction of sp³-hybridized carbons (Fsp3) is 0.167. The van der Waals surface area contributed by atoms with Gasteiger partial charge in [0.15, 0.2) is 0 Å². The molecule has 2 nitrogen and oxygen atoms in total. The van der Waals surface area contributed by atoms with Gasteiger partial charge in [-0.3, -0.25) is 0 Å². The Labute approximate surface area is 183 Å². The SMILES string of the molecule is Cc1nnc([S][Sn]([CH2]c2ccccc2)([CH2]c2ccccc2)[CH2]c2ccccc2)s1. The summed E-state index contributed by atoms with van der Waals surface area (Å²) in [6, 6.07) is 33.0. The van der Waals surface area contributed by atoms with E-state index in [1.807, 2.05) is 6.92 Å². The first-order chi connectivity index (χ1) is 14.2. The van der Waals surface area contributed by atoms with E-state index < -0.39 is 17.0 Å². The van der Waals surface area contributed by atoms with Crippen LogP contribution in [0.25, 0.3) is 0 Å². The van der Waals surface area contributed by atoms with Crippen molar-refractivity contribution in [3.8, 4) is 0 Å². The van der Waals surface area contributed by atoms with E-state index in [9.17, 15) is 0 Å². The summed E-state index contributed by atoms with van der Waals surface area (Å²) in [6.07, 6.45) is 0. The Morgan fingerprint density at radius 1 is 0.655 bits per heavy atom. The van der Waals surface area contributed by atoms with Gasteiger partial charge in [-0.05, 0) is 0 Å². The molecule has 146 valence electrons. The number of hydrogen-bond donors (Lipinski definition) is 0. The van der Waals surface area contributed by atoms with Crippen molar-refractivity contribution in [2.75, 3.05) is 0 Å². The molecule has 0 fully saturated rings. The monoisotopic (exact) mass is 524 g/mol. The normalized spacial score (nSPS) is 11.5. The van der Waals surface area contributed by atoms with Gasteiger partial charge in [0.1, 0.15) is 0 Å². The van der Waals surface area contributed by atoms with Crippen molar-refractivity contribution in [2.24, 2.45) is 0 Å². The van der Waals surface area contributed by atoms with Crippen molar-refractivity contribution in [3.63, 3.8) is 0 Å². The van der Waals surface area contributed by atoms with E-state index in [4.69, 9.17) is 0 Å². The summed E-state index contributed by atoms with van der Waals surface area (Å²) >= 11 is -1.14. The number of nitrogens with zero attached hydrogens (tertiary/aromatic N) is 2. The molecule has 0 aliphatic rings. The quantitative estimate of drug-likeness (QED) is 0.256. The first-order valence-corrected chi connectivity index (χ1v) is 21.0. The standard InChI is InChI=1S/3C7H7.C3H4N2S2.Sn/c3*1-7-5-3-2-4-6-7;1-2-4-5-3(6)7-2;/h3*2-6H,1H2;1H3,(H,5,6);/q;;;;+1/p-1. The van der Waals surface area contributed by atoms with Crippen molar-refractivity contribution in [2.45, 2.75) is 24.6 Å². The van der Waals surface area contributed by atoms with Crippen molar-refractivity contribution in [3.05, 3.63) is 113 Å². The van der Waals surface area contributed by atoms with Gasteiger partial charge in [-0.2, -0.15) is 0 Å². The van der Waals surface area contributed by atoms with E-state index in [-0.39, 0.29) is 0 Å². The molecule has 5 heteroatoms. The Kier molecular flexibility index (Phi) is 7.06. The molecular formula is C24H24N2S2Sn. The number of benzene rings is 3. The molecule has 1 heterocycles. The predicted octanol–water partition coefficient (Wildman–Crippen LogP) is 6.23. The maximum atomic E-state index is 4.51. The zero-order valence-corrected chi connectivity index (χ0v) is 21.0. The van der Waals surface area contributed by atoms with Crippen LogP contribution in [0.2, 0.25) is 0 Å². The Morgan fingerprint density at radius 3 is 1.41 bits per heavy atom. The fourth-order valence-corrected chi connectivity index (χ4v) is 28.1. The molecule has 0 atom stereocenters. The molecule has 4 rings (SSSR count).